The van der Waals surface area contributed by atoms with Gasteiger partial charge in [-0.3, -0.25) is 4.79 Å². The molecule has 1 amide bonds. The Hall–Kier alpha value is -2.39. The molecule has 0 bridgehead atoms. The summed E-state index contributed by atoms with van der Waals surface area (Å²) in [5, 5.41) is 3.00. The summed E-state index contributed by atoms with van der Waals surface area (Å²) in [5.41, 5.74) is 5.90. The highest BCUT2D eigenvalue weighted by Gasteiger charge is 2.26. The van der Waals surface area contributed by atoms with Crippen molar-refractivity contribution in [1.82, 2.24) is 0 Å². The van der Waals surface area contributed by atoms with Crippen LogP contribution in [0.25, 0.3) is 6.08 Å². The molecule has 0 saturated heterocycles. The third-order valence-electron chi connectivity index (χ3n) is 5.57. The first kappa shape index (κ1) is 21.3. The molecule has 0 saturated carbocycles. The summed E-state index contributed by atoms with van der Waals surface area (Å²) in [6.07, 6.45) is 10.3. The number of carbonyl (C=O) groups excluding carboxylic acids is 1. The predicted octanol–water partition coefficient (Wildman–Crippen LogP) is 7.79. The maximum Gasteiger partial charge on any atom is 0.257 e. The van der Waals surface area contributed by atoms with Gasteiger partial charge in [0.15, 0.2) is 0 Å². The Labute approximate surface area is 179 Å². The molecule has 3 heteroatoms. The zero-order valence-corrected chi connectivity index (χ0v) is 19.0. The van der Waals surface area contributed by atoms with Gasteiger partial charge in [-0.1, -0.05) is 49.8 Å². The first-order valence-corrected chi connectivity index (χ1v) is 11.1. The largest absolute Gasteiger partial charge is 0.322 e. The van der Waals surface area contributed by atoms with Crippen LogP contribution in [0.2, 0.25) is 0 Å². The van der Waals surface area contributed by atoms with Crippen molar-refractivity contribution in [3.63, 3.8) is 0 Å². The van der Waals surface area contributed by atoms with Crippen molar-refractivity contribution in [2.45, 2.75) is 53.9 Å². The van der Waals surface area contributed by atoms with Crippen molar-refractivity contribution in [3.05, 3.63) is 80.6 Å². The van der Waals surface area contributed by atoms with E-state index in [0.717, 1.165) is 26.6 Å². The molecular formula is C26H31NOS. The third-order valence-corrected chi connectivity index (χ3v) is 6.57. The van der Waals surface area contributed by atoms with Gasteiger partial charge in [0.25, 0.3) is 5.91 Å². The average molecular weight is 406 g/mol. The van der Waals surface area contributed by atoms with E-state index in [1.54, 1.807) is 11.3 Å². The van der Waals surface area contributed by atoms with Gasteiger partial charge < -0.3 is 5.32 Å². The van der Waals surface area contributed by atoms with E-state index < -0.39 is 0 Å². The normalized spacial score (nSPS) is 17.1. The SMILES string of the molecule is CC(C=CC1=C(C)CCCC1(C)C)=Cc1sc(C)cc1C(=O)Nc1ccccc1. The van der Waals surface area contributed by atoms with Gasteiger partial charge >= 0.3 is 0 Å². The van der Waals surface area contributed by atoms with Gasteiger partial charge in [0.1, 0.15) is 0 Å². The topological polar surface area (TPSA) is 29.1 Å². The molecule has 0 fully saturated rings. The molecular weight excluding hydrogens is 374 g/mol. The van der Waals surface area contributed by atoms with E-state index in [2.05, 4.69) is 51.2 Å². The Balaban J connectivity index is 1.82. The molecule has 0 radical (unpaired) electrons. The molecule has 0 aliphatic heterocycles. The minimum Gasteiger partial charge on any atom is -0.322 e. The van der Waals surface area contributed by atoms with Crippen LogP contribution >= 0.6 is 11.3 Å². The van der Waals surface area contributed by atoms with Crippen molar-refractivity contribution in [2.24, 2.45) is 5.41 Å². The summed E-state index contributed by atoms with van der Waals surface area (Å²) >= 11 is 1.66. The summed E-state index contributed by atoms with van der Waals surface area (Å²) in [5.74, 6) is -0.0597. The standard InChI is InChI=1S/C26H31NOS/c1-18(13-14-23-19(2)10-9-15-26(23,4)5)16-24-22(17-20(3)29-24)25(28)27-21-11-7-6-8-12-21/h6-8,11-14,16-17H,9-10,15H2,1-5H3,(H,27,28). The van der Waals surface area contributed by atoms with E-state index in [1.165, 1.54) is 30.4 Å². The number of nitrogens with one attached hydrogen (secondary N) is 1. The Morgan fingerprint density at radius 1 is 1.17 bits per heavy atom. The molecule has 1 aliphatic rings. The van der Waals surface area contributed by atoms with Crippen LogP contribution in [0.3, 0.4) is 0 Å². The molecule has 2 aromatic rings. The summed E-state index contributed by atoms with van der Waals surface area (Å²) in [7, 11) is 0. The number of allylic oxidation sites excluding steroid dienone is 5. The van der Waals surface area contributed by atoms with Crippen molar-refractivity contribution in [2.75, 3.05) is 5.32 Å². The Morgan fingerprint density at radius 2 is 1.90 bits per heavy atom. The van der Waals surface area contributed by atoms with Crippen molar-refractivity contribution in [1.29, 1.82) is 0 Å². The lowest BCUT2D eigenvalue weighted by atomic mass is 9.72. The van der Waals surface area contributed by atoms with Gasteiger partial charge in [0, 0.05) is 15.4 Å². The summed E-state index contributed by atoms with van der Waals surface area (Å²) in [4.78, 5) is 14.9. The number of rotatable bonds is 5. The first-order chi connectivity index (χ1) is 13.8. The zero-order chi connectivity index (χ0) is 21.0. The Kier molecular flexibility index (Phi) is 6.59. The first-order valence-electron chi connectivity index (χ1n) is 10.3. The Bertz CT molecular complexity index is 973. The van der Waals surface area contributed by atoms with E-state index in [9.17, 15) is 4.79 Å². The highest BCUT2D eigenvalue weighted by Crippen LogP contribution is 2.40. The molecule has 1 aromatic heterocycles. The second-order valence-corrected chi connectivity index (χ2v) is 9.90. The van der Waals surface area contributed by atoms with Crippen LogP contribution < -0.4 is 5.32 Å². The van der Waals surface area contributed by atoms with Gasteiger partial charge in [-0.15, -0.1) is 11.3 Å². The van der Waals surface area contributed by atoms with Crippen LogP contribution in [0.15, 0.2) is 65.3 Å². The maximum atomic E-state index is 12.8. The van der Waals surface area contributed by atoms with E-state index in [1.807, 2.05) is 43.3 Å². The predicted molar refractivity (Wildman–Crippen MR) is 127 cm³/mol. The van der Waals surface area contributed by atoms with Crippen LogP contribution in [-0.2, 0) is 0 Å². The zero-order valence-electron chi connectivity index (χ0n) is 18.1. The van der Waals surface area contributed by atoms with Crippen molar-refractivity contribution >= 4 is 29.0 Å². The lowest BCUT2D eigenvalue weighted by molar-refractivity contribution is 0.102. The lowest BCUT2D eigenvalue weighted by Gasteiger charge is -2.32. The molecule has 29 heavy (non-hydrogen) atoms. The summed E-state index contributed by atoms with van der Waals surface area (Å²) < 4.78 is 0. The number of para-hydroxylation sites is 1. The number of anilines is 1. The number of amides is 1. The molecule has 152 valence electrons. The number of thiophene rings is 1. The monoisotopic (exact) mass is 405 g/mol. The smallest absolute Gasteiger partial charge is 0.257 e. The number of aryl methyl sites for hydroxylation is 1. The van der Waals surface area contributed by atoms with Crippen molar-refractivity contribution < 1.29 is 4.79 Å². The second kappa shape index (κ2) is 8.96. The fraction of sp³-hybridized carbons (Fsp3) is 0.346. The fourth-order valence-corrected chi connectivity index (χ4v) is 5.05. The minimum absolute atomic E-state index is 0.0597. The molecule has 3 rings (SSSR count). The van der Waals surface area contributed by atoms with Crippen molar-refractivity contribution in [3.8, 4) is 0 Å². The summed E-state index contributed by atoms with van der Waals surface area (Å²) in [6, 6.07) is 11.6. The Morgan fingerprint density at radius 3 is 2.59 bits per heavy atom. The van der Waals surface area contributed by atoms with Gasteiger partial charge in [-0.2, -0.15) is 0 Å². The molecule has 0 atom stereocenters. The molecule has 1 aliphatic carbocycles. The quantitative estimate of drug-likeness (QED) is 0.505. The van der Waals surface area contributed by atoms with Gasteiger partial charge in [-0.25, -0.2) is 0 Å². The molecule has 1 aromatic carbocycles. The summed E-state index contributed by atoms with van der Waals surface area (Å²) in [6.45, 7) is 11.1. The van der Waals surface area contributed by atoms with Crippen LogP contribution in [0.5, 0.6) is 0 Å². The molecule has 0 spiro atoms. The van der Waals surface area contributed by atoms with Gasteiger partial charge in [0.05, 0.1) is 5.56 Å². The van der Waals surface area contributed by atoms with E-state index in [-0.39, 0.29) is 11.3 Å². The lowest BCUT2D eigenvalue weighted by Crippen LogP contribution is -2.19. The molecule has 1 N–H and O–H groups in total. The van der Waals surface area contributed by atoms with Crippen LogP contribution in [0.4, 0.5) is 5.69 Å². The molecule has 1 heterocycles. The number of hydrogen-bond acceptors (Lipinski definition) is 2. The van der Waals surface area contributed by atoms with Crippen LogP contribution in [0.1, 0.15) is 67.1 Å². The van der Waals surface area contributed by atoms with Gasteiger partial charge in [0.2, 0.25) is 0 Å². The average Bonchev–Trinajstić information content (AvgIpc) is 3.02. The highest BCUT2D eigenvalue weighted by molar-refractivity contribution is 7.13. The number of carbonyl (C=O) groups is 1. The second-order valence-electron chi connectivity index (χ2n) is 8.61. The third kappa shape index (κ3) is 5.36. The van der Waals surface area contributed by atoms with Gasteiger partial charge in [-0.05, 0) is 80.9 Å². The van der Waals surface area contributed by atoms with E-state index in [4.69, 9.17) is 0 Å². The fourth-order valence-electron chi connectivity index (χ4n) is 4.02. The minimum atomic E-state index is -0.0597. The van der Waals surface area contributed by atoms with Crippen LogP contribution in [-0.4, -0.2) is 5.91 Å². The molecule has 2 nitrogen and oxygen atoms in total. The highest BCUT2D eigenvalue weighted by atomic mass is 32.1. The van der Waals surface area contributed by atoms with E-state index in [0.29, 0.717) is 0 Å². The van der Waals surface area contributed by atoms with Crippen LogP contribution in [0, 0.1) is 12.3 Å². The molecule has 0 unspecified atom stereocenters. The number of benzene rings is 1. The number of hydrogen-bond donors (Lipinski definition) is 1. The van der Waals surface area contributed by atoms with E-state index >= 15 is 0 Å². The maximum absolute atomic E-state index is 12.8.